The first-order valence-corrected chi connectivity index (χ1v) is 6.56. The van der Waals surface area contributed by atoms with Crippen molar-refractivity contribution in [2.24, 2.45) is 0 Å². The molecule has 0 heterocycles. The number of hydrogen-bond donors (Lipinski definition) is 1. The lowest BCUT2D eigenvalue weighted by molar-refractivity contribution is -0.142. The maximum atomic E-state index is 12.4. The summed E-state index contributed by atoms with van der Waals surface area (Å²) in [5.41, 5.74) is 1.81. The van der Waals surface area contributed by atoms with Crippen LogP contribution in [0.5, 0.6) is 0 Å². The smallest absolute Gasteiger partial charge is 0.304 e. The summed E-state index contributed by atoms with van der Waals surface area (Å²) in [6, 6.07) is 7.50. The van der Waals surface area contributed by atoms with Crippen molar-refractivity contribution in [3.8, 4) is 0 Å². The van der Waals surface area contributed by atoms with Gasteiger partial charge in [-0.15, -0.1) is 0 Å². The number of rotatable bonds is 6. The molecular formula is C15H21NO3. The summed E-state index contributed by atoms with van der Waals surface area (Å²) < 4.78 is 0. The molecule has 1 rings (SSSR count). The van der Waals surface area contributed by atoms with Crippen LogP contribution in [0.3, 0.4) is 0 Å². The lowest BCUT2D eigenvalue weighted by Gasteiger charge is -2.24. The van der Waals surface area contributed by atoms with Gasteiger partial charge in [0.05, 0.1) is 12.3 Å². The van der Waals surface area contributed by atoms with E-state index >= 15 is 0 Å². The molecule has 1 aromatic carbocycles. The minimum Gasteiger partial charge on any atom is -0.481 e. The molecule has 104 valence electrons. The molecule has 1 N–H and O–H groups in total. The summed E-state index contributed by atoms with van der Waals surface area (Å²) >= 11 is 0. The Labute approximate surface area is 114 Å². The molecule has 4 nitrogen and oxygen atoms in total. The van der Waals surface area contributed by atoms with Crippen molar-refractivity contribution in [3.63, 3.8) is 0 Å². The molecule has 0 saturated heterocycles. The van der Waals surface area contributed by atoms with Gasteiger partial charge >= 0.3 is 5.97 Å². The van der Waals surface area contributed by atoms with Gasteiger partial charge in [-0.2, -0.15) is 0 Å². The Morgan fingerprint density at radius 1 is 1.26 bits per heavy atom. The van der Waals surface area contributed by atoms with Crippen LogP contribution >= 0.6 is 0 Å². The van der Waals surface area contributed by atoms with Gasteiger partial charge in [-0.05, 0) is 26.3 Å². The van der Waals surface area contributed by atoms with Gasteiger partial charge in [0.15, 0.2) is 0 Å². The van der Waals surface area contributed by atoms with Crippen LogP contribution in [0.2, 0.25) is 0 Å². The van der Waals surface area contributed by atoms with Crippen LogP contribution in [0, 0.1) is 6.92 Å². The van der Waals surface area contributed by atoms with E-state index in [1.54, 1.807) is 4.90 Å². The fraction of sp³-hybridized carbons (Fsp3) is 0.467. The quantitative estimate of drug-likeness (QED) is 0.857. The molecule has 4 heteroatoms. The van der Waals surface area contributed by atoms with Gasteiger partial charge in [0.25, 0.3) is 0 Å². The largest absolute Gasteiger partial charge is 0.481 e. The first kappa shape index (κ1) is 15.2. The van der Waals surface area contributed by atoms with Crippen LogP contribution in [0.15, 0.2) is 24.3 Å². The van der Waals surface area contributed by atoms with Crippen molar-refractivity contribution < 1.29 is 14.7 Å². The lowest BCUT2D eigenvalue weighted by atomic mass is 9.93. The van der Waals surface area contributed by atoms with Crippen LogP contribution in [0.25, 0.3) is 0 Å². The molecule has 0 aliphatic heterocycles. The van der Waals surface area contributed by atoms with E-state index in [9.17, 15) is 9.59 Å². The minimum absolute atomic E-state index is 0.113. The molecule has 0 aliphatic carbocycles. The summed E-state index contributed by atoms with van der Waals surface area (Å²) in [5.74, 6) is -1.66. The molecule has 0 aliphatic rings. The maximum Gasteiger partial charge on any atom is 0.304 e. The Morgan fingerprint density at radius 3 is 2.37 bits per heavy atom. The average molecular weight is 263 g/mol. The van der Waals surface area contributed by atoms with Crippen LogP contribution in [0.4, 0.5) is 0 Å². The molecule has 0 aromatic heterocycles. The van der Waals surface area contributed by atoms with Crippen molar-refractivity contribution >= 4 is 11.9 Å². The Hall–Kier alpha value is -1.84. The highest BCUT2D eigenvalue weighted by Crippen LogP contribution is 2.23. The van der Waals surface area contributed by atoms with Gasteiger partial charge in [0, 0.05) is 13.1 Å². The number of carbonyl (C=O) groups excluding carboxylic acids is 1. The molecule has 1 aromatic rings. The third kappa shape index (κ3) is 4.09. The number of likely N-dealkylation sites (N-methyl/N-ethyl adjacent to an activating group) is 1. The topological polar surface area (TPSA) is 57.6 Å². The molecule has 0 radical (unpaired) electrons. The first-order valence-electron chi connectivity index (χ1n) is 6.56. The summed E-state index contributed by atoms with van der Waals surface area (Å²) in [4.78, 5) is 25.1. The molecular weight excluding hydrogens is 242 g/mol. The van der Waals surface area contributed by atoms with Crippen molar-refractivity contribution in [2.45, 2.75) is 33.1 Å². The molecule has 19 heavy (non-hydrogen) atoms. The van der Waals surface area contributed by atoms with E-state index in [1.807, 2.05) is 45.0 Å². The SMILES string of the molecule is CCN(CC)C(=O)C(CC(=O)O)c1cccc(C)c1. The number of carboxylic acid groups (broad SMARTS) is 1. The minimum atomic E-state index is -0.952. The van der Waals surface area contributed by atoms with Gasteiger partial charge in [-0.1, -0.05) is 29.8 Å². The molecule has 1 unspecified atom stereocenters. The third-order valence-electron chi connectivity index (χ3n) is 3.20. The number of hydrogen-bond acceptors (Lipinski definition) is 2. The number of carboxylic acids is 1. The van der Waals surface area contributed by atoms with Crippen LogP contribution < -0.4 is 0 Å². The van der Waals surface area contributed by atoms with Gasteiger partial charge in [-0.25, -0.2) is 0 Å². The van der Waals surface area contributed by atoms with E-state index < -0.39 is 11.9 Å². The summed E-state index contributed by atoms with van der Waals surface area (Å²) in [5, 5.41) is 9.02. The summed E-state index contributed by atoms with van der Waals surface area (Å²) in [6.07, 6.45) is -0.168. The van der Waals surface area contributed by atoms with Crippen molar-refractivity contribution in [1.82, 2.24) is 4.90 Å². The molecule has 1 atom stereocenters. The van der Waals surface area contributed by atoms with Gasteiger partial charge in [0.2, 0.25) is 5.91 Å². The Morgan fingerprint density at radius 2 is 1.89 bits per heavy atom. The van der Waals surface area contributed by atoms with Crippen molar-refractivity contribution in [3.05, 3.63) is 35.4 Å². The standard InChI is InChI=1S/C15H21NO3/c1-4-16(5-2)15(19)13(10-14(17)18)12-8-6-7-11(3)9-12/h6-9,13H,4-5,10H2,1-3H3,(H,17,18). The summed E-state index contributed by atoms with van der Waals surface area (Å²) in [6.45, 7) is 6.92. The lowest BCUT2D eigenvalue weighted by Crippen LogP contribution is -2.35. The Kier molecular flexibility index (Phi) is 5.55. The fourth-order valence-corrected chi connectivity index (χ4v) is 2.16. The van der Waals surface area contributed by atoms with E-state index in [0.29, 0.717) is 13.1 Å². The van der Waals surface area contributed by atoms with Crippen LogP contribution in [-0.4, -0.2) is 35.0 Å². The first-order chi connectivity index (χ1) is 8.99. The van der Waals surface area contributed by atoms with Crippen LogP contribution in [0.1, 0.15) is 37.3 Å². The second-order valence-corrected chi connectivity index (χ2v) is 4.58. The highest BCUT2D eigenvalue weighted by atomic mass is 16.4. The van der Waals surface area contributed by atoms with Gasteiger partial charge in [0.1, 0.15) is 0 Å². The van der Waals surface area contributed by atoms with Crippen molar-refractivity contribution in [1.29, 1.82) is 0 Å². The second-order valence-electron chi connectivity index (χ2n) is 4.58. The Bertz CT molecular complexity index is 452. The highest BCUT2D eigenvalue weighted by Gasteiger charge is 2.26. The molecule has 0 bridgehead atoms. The zero-order valence-corrected chi connectivity index (χ0v) is 11.7. The second kappa shape index (κ2) is 6.92. The van der Waals surface area contributed by atoms with E-state index in [-0.39, 0.29) is 12.3 Å². The van der Waals surface area contributed by atoms with E-state index in [0.717, 1.165) is 11.1 Å². The average Bonchev–Trinajstić information content (AvgIpc) is 2.37. The fourth-order valence-electron chi connectivity index (χ4n) is 2.16. The molecule has 0 spiro atoms. The number of aliphatic carboxylic acids is 1. The number of aryl methyl sites for hydroxylation is 1. The number of amides is 1. The highest BCUT2D eigenvalue weighted by molar-refractivity contribution is 5.87. The Balaban J connectivity index is 3.07. The van der Waals surface area contributed by atoms with Crippen molar-refractivity contribution in [2.75, 3.05) is 13.1 Å². The zero-order valence-electron chi connectivity index (χ0n) is 11.7. The number of carbonyl (C=O) groups is 2. The van der Waals surface area contributed by atoms with E-state index in [1.165, 1.54) is 0 Å². The molecule has 1 amide bonds. The zero-order chi connectivity index (χ0) is 14.4. The molecule has 0 fully saturated rings. The normalized spacial score (nSPS) is 11.9. The number of nitrogens with zero attached hydrogens (tertiary/aromatic N) is 1. The predicted molar refractivity (Wildman–Crippen MR) is 74.1 cm³/mol. The predicted octanol–water partition coefficient (Wildman–Crippen LogP) is 2.42. The van der Waals surface area contributed by atoms with Gasteiger partial charge < -0.3 is 10.0 Å². The third-order valence-corrected chi connectivity index (χ3v) is 3.20. The van der Waals surface area contributed by atoms with E-state index in [4.69, 9.17) is 5.11 Å². The molecule has 0 saturated carbocycles. The number of benzene rings is 1. The van der Waals surface area contributed by atoms with E-state index in [2.05, 4.69) is 0 Å². The monoisotopic (exact) mass is 263 g/mol. The maximum absolute atomic E-state index is 12.4. The van der Waals surface area contributed by atoms with Crippen LogP contribution in [-0.2, 0) is 9.59 Å². The summed E-state index contributed by atoms with van der Waals surface area (Å²) in [7, 11) is 0. The van der Waals surface area contributed by atoms with Gasteiger partial charge in [-0.3, -0.25) is 9.59 Å².